The van der Waals surface area contributed by atoms with Crippen molar-refractivity contribution in [3.05, 3.63) is 95.6 Å². The minimum absolute atomic E-state index is 0.0269. The van der Waals surface area contributed by atoms with E-state index in [0.717, 1.165) is 41.0 Å². The lowest BCUT2D eigenvalue weighted by Gasteiger charge is -2.38. The average molecular weight is 701 g/mol. The highest BCUT2D eigenvalue weighted by molar-refractivity contribution is 5.88. The monoisotopic (exact) mass is 700 g/mol. The molecule has 1 heterocycles. The van der Waals surface area contributed by atoms with Gasteiger partial charge in [0.15, 0.2) is 5.78 Å². The van der Waals surface area contributed by atoms with Crippen LogP contribution in [0.15, 0.2) is 78.9 Å². The van der Waals surface area contributed by atoms with E-state index in [-0.39, 0.29) is 62.0 Å². The maximum Gasteiger partial charge on any atom is 0.222 e. The minimum Gasteiger partial charge on any atom is -0.497 e. The Balaban J connectivity index is 1.37. The number of aliphatic hydroxyl groups is 1. The van der Waals surface area contributed by atoms with Crippen molar-refractivity contribution in [3.63, 3.8) is 0 Å². The number of Topliss-reactive ketones (excluding diaryl/α,β-unsaturated/α-hetero) is 2. The maximum atomic E-state index is 13.5. The van der Waals surface area contributed by atoms with Crippen LogP contribution in [-0.4, -0.2) is 79.4 Å². The van der Waals surface area contributed by atoms with E-state index in [1.807, 2.05) is 78.9 Å². The SMILES string of the molecule is CCC(=O)CCC(=O)NCC(=O)CCCCCCC(=O)N1C[C@@H](O)C[C@@H]1COC(c1ccccc1)(c1ccc(OC)cc1)c1ccc(OC)cc1. The van der Waals surface area contributed by atoms with Gasteiger partial charge in [-0.15, -0.1) is 0 Å². The normalized spacial score (nSPS) is 15.7. The molecular weight excluding hydrogens is 648 g/mol. The van der Waals surface area contributed by atoms with Crippen LogP contribution in [-0.2, 0) is 29.5 Å². The van der Waals surface area contributed by atoms with Crippen LogP contribution in [0.5, 0.6) is 11.5 Å². The van der Waals surface area contributed by atoms with Crippen LogP contribution in [0.2, 0.25) is 0 Å². The minimum atomic E-state index is -1.03. The number of carbonyl (C=O) groups is 4. The summed E-state index contributed by atoms with van der Waals surface area (Å²) in [6, 6.07) is 25.2. The van der Waals surface area contributed by atoms with Gasteiger partial charge in [-0.25, -0.2) is 0 Å². The molecule has 0 spiro atoms. The summed E-state index contributed by atoms with van der Waals surface area (Å²) in [5.41, 5.74) is 1.66. The number of nitrogens with one attached hydrogen (secondary N) is 1. The summed E-state index contributed by atoms with van der Waals surface area (Å²) in [6.07, 6.45) is 4.08. The van der Waals surface area contributed by atoms with E-state index in [1.54, 1.807) is 26.0 Å². The molecule has 3 aromatic carbocycles. The third-order valence-corrected chi connectivity index (χ3v) is 9.48. The molecule has 3 aromatic rings. The summed E-state index contributed by atoms with van der Waals surface area (Å²) in [4.78, 5) is 50.7. The molecule has 0 radical (unpaired) electrons. The van der Waals surface area contributed by atoms with Crippen molar-refractivity contribution in [3.8, 4) is 11.5 Å². The van der Waals surface area contributed by atoms with E-state index in [9.17, 15) is 24.3 Å². The van der Waals surface area contributed by atoms with Crippen molar-refractivity contribution in [2.75, 3.05) is 33.9 Å². The van der Waals surface area contributed by atoms with Crippen LogP contribution < -0.4 is 14.8 Å². The van der Waals surface area contributed by atoms with Crippen molar-refractivity contribution >= 4 is 23.4 Å². The van der Waals surface area contributed by atoms with Gasteiger partial charge in [0, 0.05) is 38.6 Å². The number of amides is 2. The van der Waals surface area contributed by atoms with Gasteiger partial charge >= 0.3 is 0 Å². The molecule has 2 N–H and O–H groups in total. The van der Waals surface area contributed by atoms with Gasteiger partial charge in [-0.1, -0.05) is 74.4 Å². The number of rotatable bonds is 21. The molecule has 2 atom stereocenters. The molecule has 2 amide bonds. The fourth-order valence-corrected chi connectivity index (χ4v) is 6.55. The standard InChI is InChI=1S/C41H52N2O8/c1-4-34(44)20-25-39(47)42-27-35(45)14-10-5-6-11-15-40(48)43-28-36(46)26-33(43)29-51-41(30-12-8-7-9-13-30,31-16-21-37(49-2)22-17-31)32-18-23-38(50-3)24-19-32/h7-9,12-13,16-19,21-24,33,36,46H,4-6,10-11,14-15,20,25-29H2,1-3H3,(H,42,47)/t33-,36+/m1/s1. The Hall–Kier alpha value is -4.54. The zero-order valence-corrected chi connectivity index (χ0v) is 30.1. The smallest absolute Gasteiger partial charge is 0.222 e. The number of unbranched alkanes of at least 4 members (excludes halogenated alkanes) is 3. The summed E-state index contributed by atoms with van der Waals surface area (Å²) in [6.45, 7) is 2.18. The molecule has 1 aliphatic heterocycles. The number of nitrogens with zero attached hydrogens (tertiary/aromatic N) is 1. The zero-order chi connectivity index (χ0) is 36.6. The molecule has 0 unspecified atom stereocenters. The second-order valence-electron chi connectivity index (χ2n) is 13.0. The molecular formula is C41H52N2O8. The van der Waals surface area contributed by atoms with Crippen molar-refractivity contribution < 1.29 is 38.5 Å². The summed E-state index contributed by atoms with van der Waals surface area (Å²) in [5, 5.41) is 13.3. The Morgan fingerprint density at radius 1 is 0.745 bits per heavy atom. The molecule has 51 heavy (non-hydrogen) atoms. The van der Waals surface area contributed by atoms with Gasteiger partial charge in [0.2, 0.25) is 11.8 Å². The number of hydrogen-bond donors (Lipinski definition) is 2. The van der Waals surface area contributed by atoms with E-state index in [1.165, 1.54) is 0 Å². The van der Waals surface area contributed by atoms with Gasteiger partial charge in [0.25, 0.3) is 0 Å². The zero-order valence-electron chi connectivity index (χ0n) is 30.1. The predicted molar refractivity (Wildman–Crippen MR) is 195 cm³/mol. The highest BCUT2D eigenvalue weighted by Crippen LogP contribution is 2.42. The Kier molecular flexibility index (Phi) is 15.2. The summed E-state index contributed by atoms with van der Waals surface area (Å²) in [5.74, 6) is 1.11. The summed E-state index contributed by atoms with van der Waals surface area (Å²) >= 11 is 0. The van der Waals surface area contributed by atoms with Gasteiger partial charge in [-0.2, -0.15) is 0 Å². The molecule has 0 saturated carbocycles. The molecule has 4 rings (SSSR count). The second-order valence-corrected chi connectivity index (χ2v) is 13.0. The van der Waals surface area contributed by atoms with E-state index in [4.69, 9.17) is 14.2 Å². The fraction of sp³-hybridized carbons (Fsp3) is 0.463. The highest BCUT2D eigenvalue weighted by Gasteiger charge is 2.41. The fourth-order valence-electron chi connectivity index (χ4n) is 6.55. The molecule has 1 aliphatic rings. The van der Waals surface area contributed by atoms with Gasteiger partial charge in [-0.3, -0.25) is 19.2 Å². The summed E-state index contributed by atoms with van der Waals surface area (Å²) in [7, 11) is 3.26. The number of ether oxygens (including phenoxy) is 3. The van der Waals surface area contributed by atoms with Crippen LogP contribution in [0.1, 0.15) is 87.8 Å². The largest absolute Gasteiger partial charge is 0.497 e. The average Bonchev–Trinajstić information content (AvgIpc) is 3.55. The van der Waals surface area contributed by atoms with Crippen LogP contribution in [0.4, 0.5) is 0 Å². The first kappa shape index (κ1) is 39.2. The first-order chi connectivity index (χ1) is 24.7. The van der Waals surface area contributed by atoms with Crippen molar-refractivity contribution in [2.45, 2.75) is 88.9 Å². The van der Waals surface area contributed by atoms with E-state index in [2.05, 4.69) is 5.32 Å². The number of likely N-dealkylation sites (tertiary alicyclic amines) is 1. The molecule has 0 aromatic heterocycles. The van der Waals surface area contributed by atoms with Crippen LogP contribution in [0.3, 0.4) is 0 Å². The van der Waals surface area contributed by atoms with Crippen LogP contribution >= 0.6 is 0 Å². The van der Waals surface area contributed by atoms with Gasteiger partial charge in [0.1, 0.15) is 22.9 Å². The topological polar surface area (TPSA) is 131 Å². The molecule has 0 bridgehead atoms. The second kappa shape index (κ2) is 19.7. The van der Waals surface area contributed by atoms with Crippen molar-refractivity contribution in [2.24, 2.45) is 0 Å². The highest BCUT2D eigenvalue weighted by atomic mass is 16.5. The third-order valence-electron chi connectivity index (χ3n) is 9.48. The van der Waals surface area contributed by atoms with E-state index < -0.39 is 11.7 Å². The molecule has 1 fully saturated rings. The number of methoxy groups -OCH3 is 2. The molecule has 274 valence electrons. The van der Waals surface area contributed by atoms with E-state index >= 15 is 0 Å². The van der Waals surface area contributed by atoms with Gasteiger partial charge in [-0.05, 0) is 60.2 Å². The molecule has 10 heteroatoms. The van der Waals surface area contributed by atoms with Crippen molar-refractivity contribution in [1.82, 2.24) is 10.2 Å². The van der Waals surface area contributed by atoms with Crippen LogP contribution in [0, 0.1) is 0 Å². The first-order valence-corrected chi connectivity index (χ1v) is 18.0. The number of β-amino-alcohol motifs (C(OH)–C–C–N with tert-alkyl or cyclic N) is 1. The lowest BCUT2D eigenvalue weighted by atomic mass is 9.80. The number of carbonyl (C=O) groups excluding carboxylic acids is 4. The first-order valence-electron chi connectivity index (χ1n) is 18.0. The Bertz CT molecular complexity index is 1510. The number of hydrogen-bond acceptors (Lipinski definition) is 8. The van der Waals surface area contributed by atoms with E-state index in [0.29, 0.717) is 38.5 Å². The van der Waals surface area contributed by atoms with Gasteiger partial charge < -0.3 is 29.5 Å². The number of benzene rings is 3. The number of ketones is 2. The molecule has 0 aliphatic carbocycles. The number of aliphatic hydroxyl groups excluding tert-OH is 1. The molecule has 10 nitrogen and oxygen atoms in total. The van der Waals surface area contributed by atoms with Crippen molar-refractivity contribution in [1.29, 1.82) is 0 Å². The van der Waals surface area contributed by atoms with Gasteiger partial charge in [0.05, 0.1) is 39.5 Å². The lowest BCUT2D eigenvalue weighted by molar-refractivity contribution is -0.134. The Morgan fingerprint density at radius 2 is 1.31 bits per heavy atom. The molecule has 1 saturated heterocycles. The summed E-state index contributed by atoms with van der Waals surface area (Å²) < 4.78 is 17.9. The predicted octanol–water partition coefficient (Wildman–Crippen LogP) is 5.76. The Labute approximate surface area is 301 Å². The third kappa shape index (κ3) is 11.0. The lowest BCUT2D eigenvalue weighted by Crippen LogP contribution is -2.42. The quantitative estimate of drug-likeness (QED) is 0.106. The van der Waals surface area contributed by atoms with Crippen LogP contribution in [0.25, 0.3) is 0 Å². The Morgan fingerprint density at radius 3 is 1.88 bits per heavy atom. The maximum absolute atomic E-state index is 13.5.